The molecule has 2 saturated heterocycles. The molecule has 5 nitrogen and oxygen atoms in total. The van der Waals surface area contributed by atoms with E-state index in [2.05, 4.69) is 64.2 Å². The molecule has 29 heavy (non-hydrogen) atoms. The highest BCUT2D eigenvalue weighted by Crippen LogP contribution is 2.38. The van der Waals surface area contributed by atoms with Crippen LogP contribution in [0.25, 0.3) is 0 Å². The van der Waals surface area contributed by atoms with Crippen molar-refractivity contribution in [3.8, 4) is 11.5 Å². The van der Waals surface area contributed by atoms with Gasteiger partial charge in [0.1, 0.15) is 13.2 Å². The fourth-order valence-corrected chi connectivity index (χ4v) is 4.77. The fourth-order valence-electron chi connectivity index (χ4n) is 4.77. The maximum absolute atomic E-state index is 5.80. The summed E-state index contributed by atoms with van der Waals surface area (Å²) >= 11 is 0. The molecule has 3 aliphatic rings. The van der Waals surface area contributed by atoms with E-state index in [1.165, 1.54) is 29.7 Å². The van der Waals surface area contributed by atoms with Crippen LogP contribution in [0.3, 0.4) is 0 Å². The summed E-state index contributed by atoms with van der Waals surface area (Å²) in [6.07, 6.45) is 2.46. The summed E-state index contributed by atoms with van der Waals surface area (Å²) in [6, 6.07) is 16.2. The number of fused-ring (bicyclic) bond motifs is 1. The molecule has 0 aromatic heterocycles. The summed E-state index contributed by atoms with van der Waals surface area (Å²) in [5.41, 5.74) is 4.10. The molecule has 2 fully saturated rings. The van der Waals surface area contributed by atoms with Crippen LogP contribution < -0.4 is 14.4 Å². The second-order valence-corrected chi connectivity index (χ2v) is 8.49. The highest BCUT2D eigenvalue weighted by atomic mass is 16.6. The van der Waals surface area contributed by atoms with Crippen LogP contribution in [0.5, 0.6) is 11.5 Å². The first kappa shape index (κ1) is 18.8. The van der Waals surface area contributed by atoms with Crippen molar-refractivity contribution in [2.24, 2.45) is 0 Å². The molecule has 0 radical (unpaired) electrons. The van der Waals surface area contributed by atoms with E-state index in [4.69, 9.17) is 9.47 Å². The maximum atomic E-state index is 5.80. The zero-order valence-electron chi connectivity index (χ0n) is 17.3. The molecule has 0 unspecified atom stereocenters. The normalized spacial score (nSPS) is 22.8. The highest BCUT2D eigenvalue weighted by Gasteiger charge is 2.27. The lowest BCUT2D eigenvalue weighted by Gasteiger charge is -2.34. The van der Waals surface area contributed by atoms with E-state index >= 15 is 0 Å². The Morgan fingerprint density at radius 1 is 0.862 bits per heavy atom. The Morgan fingerprint density at radius 3 is 2.41 bits per heavy atom. The van der Waals surface area contributed by atoms with Gasteiger partial charge < -0.3 is 19.3 Å². The lowest BCUT2D eigenvalue weighted by Crippen LogP contribution is -2.44. The minimum atomic E-state index is 0.461. The molecule has 2 aromatic carbocycles. The number of rotatable bonds is 4. The third-order valence-electron chi connectivity index (χ3n) is 6.51. The molecule has 5 heteroatoms. The average Bonchev–Trinajstić information content (AvgIpc) is 3.23. The fraction of sp³-hybridized carbons (Fsp3) is 0.500. The van der Waals surface area contributed by atoms with E-state index in [-0.39, 0.29) is 0 Å². The topological polar surface area (TPSA) is 28.2 Å². The molecule has 1 atom stereocenters. The number of nitrogens with zero attached hydrogens (tertiary/aromatic N) is 3. The second kappa shape index (κ2) is 8.25. The summed E-state index contributed by atoms with van der Waals surface area (Å²) in [4.78, 5) is 7.50. The van der Waals surface area contributed by atoms with Crippen LogP contribution in [-0.2, 0) is 6.54 Å². The Labute approximate surface area is 173 Å². The van der Waals surface area contributed by atoms with Crippen LogP contribution in [-0.4, -0.2) is 62.8 Å². The smallest absolute Gasteiger partial charge is 0.161 e. The van der Waals surface area contributed by atoms with Crippen LogP contribution in [0.1, 0.15) is 30.0 Å². The lowest BCUT2D eigenvalue weighted by atomic mass is 10.0. The number of anilines is 1. The Balaban J connectivity index is 1.26. The van der Waals surface area contributed by atoms with Crippen molar-refractivity contribution in [1.82, 2.24) is 9.80 Å². The Hall–Kier alpha value is -2.24. The Kier molecular flexibility index (Phi) is 5.34. The van der Waals surface area contributed by atoms with Gasteiger partial charge in [0.15, 0.2) is 11.5 Å². The minimum absolute atomic E-state index is 0.461. The predicted molar refractivity (Wildman–Crippen MR) is 116 cm³/mol. The first-order valence-electron chi connectivity index (χ1n) is 10.9. The first-order valence-corrected chi connectivity index (χ1v) is 10.9. The number of likely N-dealkylation sites (tertiary alicyclic amines) is 1. The largest absolute Gasteiger partial charge is 0.486 e. The van der Waals surface area contributed by atoms with E-state index in [1.807, 2.05) is 0 Å². The van der Waals surface area contributed by atoms with Gasteiger partial charge in [-0.05, 0) is 61.8 Å². The van der Waals surface area contributed by atoms with E-state index < -0.39 is 0 Å². The molecule has 2 aromatic rings. The molecular weight excluding hydrogens is 362 g/mol. The van der Waals surface area contributed by atoms with Crippen LogP contribution in [0.2, 0.25) is 0 Å². The van der Waals surface area contributed by atoms with E-state index in [9.17, 15) is 0 Å². The minimum Gasteiger partial charge on any atom is -0.486 e. The van der Waals surface area contributed by atoms with Gasteiger partial charge in [0.2, 0.25) is 0 Å². The lowest BCUT2D eigenvalue weighted by molar-refractivity contribution is 0.170. The molecule has 0 spiro atoms. The van der Waals surface area contributed by atoms with Gasteiger partial charge in [-0.15, -0.1) is 0 Å². The Morgan fingerprint density at radius 2 is 1.62 bits per heavy atom. The summed E-state index contributed by atoms with van der Waals surface area (Å²) in [5.74, 6) is 1.78. The summed E-state index contributed by atoms with van der Waals surface area (Å²) in [6.45, 7) is 7.97. The number of likely N-dealkylation sites (N-methyl/N-ethyl adjacent to an activating group) is 1. The van der Waals surface area contributed by atoms with E-state index in [1.54, 1.807) is 0 Å². The van der Waals surface area contributed by atoms with Gasteiger partial charge >= 0.3 is 0 Å². The zero-order valence-corrected chi connectivity index (χ0v) is 17.3. The van der Waals surface area contributed by atoms with Gasteiger partial charge in [0.05, 0.1) is 0 Å². The van der Waals surface area contributed by atoms with Crippen molar-refractivity contribution in [3.05, 3.63) is 53.6 Å². The number of ether oxygens (including phenoxy) is 2. The van der Waals surface area contributed by atoms with Crippen molar-refractivity contribution in [1.29, 1.82) is 0 Å². The number of hydrogen-bond acceptors (Lipinski definition) is 5. The summed E-state index contributed by atoms with van der Waals surface area (Å²) in [5, 5.41) is 0. The molecule has 0 aliphatic carbocycles. The third-order valence-corrected chi connectivity index (χ3v) is 6.51. The standard InChI is InChI=1S/C24H31N3O2/c1-25-11-13-26(14-12-25)21-7-4-19(5-8-21)18-27-10-2-3-22(27)20-6-9-23-24(17-20)29-16-15-28-23/h4-9,17,22H,2-3,10-16,18H2,1H3/t22-/m1/s1. The van der Waals surface area contributed by atoms with Gasteiger partial charge in [-0.1, -0.05) is 18.2 Å². The number of piperazine rings is 1. The quantitative estimate of drug-likeness (QED) is 0.792. The van der Waals surface area contributed by atoms with Crippen molar-refractivity contribution in [2.45, 2.75) is 25.4 Å². The van der Waals surface area contributed by atoms with Crippen LogP contribution >= 0.6 is 0 Å². The predicted octanol–water partition coefficient (Wildman–Crippen LogP) is 3.55. The molecule has 3 aliphatic heterocycles. The molecule has 3 heterocycles. The maximum Gasteiger partial charge on any atom is 0.161 e. The summed E-state index contributed by atoms with van der Waals surface area (Å²) in [7, 11) is 2.20. The number of benzene rings is 2. The molecular formula is C24H31N3O2. The van der Waals surface area contributed by atoms with Crippen LogP contribution in [0.15, 0.2) is 42.5 Å². The van der Waals surface area contributed by atoms with E-state index in [0.29, 0.717) is 19.3 Å². The van der Waals surface area contributed by atoms with Gasteiger partial charge in [-0.2, -0.15) is 0 Å². The molecule has 0 bridgehead atoms. The van der Waals surface area contributed by atoms with Gasteiger partial charge in [-0.3, -0.25) is 4.90 Å². The monoisotopic (exact) mass is 393 g/mol. The van der Waals surface area contributed by atoms with Crippen molar-refractivity contribution < 1.29 is 9.47 Å². The molecule has 0 N–H and O–H groups in total. The van der Waals surface area contributed by atoms with Crippen molar-refractivity contribution in [3.63, 3.8) is 0 Å². The van der Waals surface area contributed by atoms with Gasteiger partial charge in [0, 0.05) is 44.5 Å². The molecule has 154 valence electrons. The van der Waals surface area contributed by atoms with Gasteiger partial charge in [0.25, 0.3) is 0 Å². The third kappa shape index (κ3) is 4.07. The van der Waals surface area contributed by atoms with Crippen LogP contribution in [0.4, 0.5) is 5.69 Å². The van der Waals surface area contributed by atoms with Crippen molar-refractivity contribution >= 4 is 5.69 Å². The molecule has 0 saturated carbocycles. The van der Waals surface area contributed by atoms with Crippen molar-refractivity contribution in [2.75, 3.05) is 57.9 Å². The number of hydrogen-bond donors (Lipinski definition) is 0. The highest BCUT2D eigenvalue weighted by molar-refractivity contribution is 5.48. The van der Waals surface area contributed by atoms with Crippen LogP contribution in [0, 0.1) is 0 Å². The molecule has 5 rings (SSSR count). The summed E-state index contributed by atoms with van der Waals surface area (Å²) < 4.78 is 11.5. The first-order chi connectivity index (χ1) is 14.3. The van der Waals surface area contributed by atoms with Gasteiger partial charge in [-0.25, -0.2) is 0 Å². The zero-order chi connectivity index (χ0) is 19.6. The van der Waals surface area contributed by atoms with E-state index in [0.717, 1.165) is 50.8 Å². The average molecular weight is 394 g/mol. The Bertz CT molecular complexity index is 831. The SMILES string of the molecule is CN1CCN(c2ccc(CN3CCC[C@@H]3c3ccc4c(c3)OCCO4)cc2)CC1. The second-order valence-electron chi connectivity index (χ2n) is 8.49. The molecule has 0 amide bonds.